The summed E-state index contributed by atoms with van der Waals surface area (Å²) in [5.41, 5.74) is 2.81. The lowest BCUT2D eigenvalue weighted by atomic mass is 10.2. The number of nitrogens with one attached hydrogen (secondary N) is 2. The number of carbonyl (C=O) groups excluding carboxylic acids is 2. The van der Waals surface area contributed by atoms with Crippen LogP contribution in [0.25, 0.3) is 0 Å². The van der Waals surface area contributed by atoms with Crippen LogP contribution in [-0.4, -0.2) is 38.8 Å². The third-order valence-corrected chi connectivity index (χ3v) is 2.69. The van der Waals surface area contributed by atoms with E-state index in [9.17, 15) is 9.59 Å². The molecule has 0 bridgehead atoms. The molecule has 120 valence electrons. The van der Waals surface area contributed by atoms with Crippen molar-refractivity contribution < 1.29 is 19.1 Å². The van der Waals surface area contributed by atoms with Gasteiger partial charge >= 0.3 is 11.8 Å². The van der Waals surface area contributed by atoms with Crippen molar-refractivity contribution in [1.29, 1.82) is 0 Å². The van der Waals surface area contributed by atoms with Gasteiger partial charge in [-0.1, -0.05) is 13.8 Å². The lowest BCUT2D eigenvalue weighted by Crippen LogP contribution is -2.39. The normalized spacial score (nSPS) is 10.6. The minimum absolute atomic E-state index is 0.267. The summed E-state index contributed by atoms with van der Waals surface area (Å²) in [4.78, 5) is 23.0. The van der Waals surface area contributed by atoms with Crippen LogP contribution in [0.15, 0.2) is 23.3 Å². The smallest absolute Gasteiger partial charge is 0.329 e. The van der Waals surface area contributed by atoms with E-state index in [4.69, 9.17) is 9.47 Å². The Kier molecular flexibility index (Phi) is 6.88. The summed E-state index contributed by atoms with van der Waals surface area (Å²) in [6, 6.07) is 5.16. The molecule has 0 fully saturated rings. The number of methoxy groups -OCH3 is 2. The standard InChI is InChI=1S/C15H21N3O4/c1-10(2)8-16-14(19)15(20)18-17-9-11-5-6-12(21-3)7-13(11)22-4/h5-7,9-10H,8H2,1-4H3,(H,16,19)(H,18,20)/b17-9+. The van der Waals surface area contributed by atoms with Crippen LogP contribution in [0.5, 0.6) is 11.5 Å². The summed E-state index contributed by atoms with van der Waals surface area (Å²) in [7, 11) is 3.07. The summed E-state index contributed by atoms with van der Waals surface area (Å²) in [6.45, 7) is 4.31. The molecule has 7 heteroatoms. The Morgan fingerprint density at radius 3 is 2.55 bits per heavy atom. The number of nitrogens with zero attached hydrogens (tertiary/aromatic N) is 1. The Labute approximate surface area is 129 Å². The highest BCUT2D eigenvalue weighted by molar-refractivity contribution is 6.35. The summed E-state index contributed by atoms with van der Waals surface area (Å²) >= 11 is 0. The molecule has 0 heterocycles. The van der Waals surface area contributed by atoms with E-state index in [2.05, 4.69) is 15.8 Å². The van der Waals surface area contributed by atoms with Crippen molar-refractivity contribution in [3.8, 4) is 11.5 Å². The number of carbonyl (C=O) groups is 2. The van der Waals surface area contributed by atoms with Crippen LogP contribution in [0.3, 0.4) is 0 Å². The maximum atomic E-state index is 11.5. The van der Waals surface area contributed by atoms with Gasteiger partial charge < -0.3 is 14.8 Å². The van der Waals surface area contributed by atoms with Gasteiger partial charge in [-0.2, -0.15) is 5.10 Å². The SMILES string of the molecule is COc1ccc(/C=N/NC(=O)C(=O)NCC(C)C)c(OC)c1. The van der Waals surface area contributed by atoms with E-state index >= 15 is 0 Å². The topological polar surface area (TPSA) is 89.0 Å². The molecule has 0 aliphatic heterocycles. The van der Waals surface area contributed by atoms with Crippen LogP contribution in [0, 0.1) is 5.92 Å². The van der Waals surface area contributed by atoms with Gasteiger partial charge in [0, 0.05) is 18.2 Å². The fraction of sp³-hybridized carbons (Fsp3) is 0.400. The highest BCUT2D eigenvalue weighted by Gasteiger charge is 2.12. The Morgan fingerprint density at radius 1 is 1.23 bits per heavy atom. The predicted octanol–water partition coefficient (Wildman–Crippen LogP) is 0.926. The molecule has 22 heavy (non-hydrogen) atoms. The molecule has 0 radical (unpaired) electrons. The van der Waals surface area contributed by atoms with E-state index in [1.807, 2.05) is 13.8 Å². The van der Waals surface area contributed by atoms with Crippen molar-refractivity contribution in [2.24, 2.45) is 11.0 Å². The van der Waals surface area contributed by atoms with Crippen LogP contribution in [0.2, 0.25) is 0 Å². The van der Waals surface area contributed by atoms with E-state index < -0.39 is 11.8 Å². The first kappa shape index (κ1) is 17.5. The third-order valence-electron chi connectivity index (χ3n) is 2.69. The van der Waals surface area contributed by atoms with E-state index in [0.29, 0.717) is 23.6 Å². The van der Waals surface area contributed by atoms with E-state index in [0.717, 1.165) is 0 Å². The minimum Gasteiger partial charge on any atom is -0.497 e. The predicted molar refractivity (Wildman–Crippen MR) is 83.1 cm³/mol. The molecule has 0 unspecified atom stereocenters. The van der Waals surface area contributed by atoms with Gasteiger partial charge in [0.1, 0.15) is 11.5 Å². The maximum absolute atomic E-state index is 11.5. The van der Waals surface area contributed by atoms with Gasteiger partial charge in [0.05, 0.1) is 20.4 Å². The van der Waals surface area contributed by atoms with Crippen molar-refractivity contribution in [1.82, 2.24) is 10.7 Å². The monoisotopic (exact) mass is 307 g/mol. The second kappa shape index (κ2) is 8.66. The summed E-state index contributed by atoms with van der Waals surface area (Å²) < 4.78 is 10.3. The molecule has 1 aromatic rings. The molecule has 2 N–H and O–H groups in total. The lowest BCUT2D eigenvalue weighted by molar-refractivity contribution is -0.139. The molecule has 0 aliphatic carbocycles. The van der Waals surface area contributed by atoms with Crippen LogP contribution < -0.4 is 20.2 Å². The van der Waals surface area contributed by atoms with Gasteiger partial charge in [-0.25, -0.2) is 5.43 Å². The summed E-state index contributed by atoms with van der Waals surface area (Å²) in [6.07, 6.45) is 1.39. The number of hydrogen-bond acceptors (Lipinski definition) is 5. The van der Waals surface area contributed by atoms with Crippen LogP contribution in [-0.2, 0) is 9.59 Å². The number of ether oxygens (including phenoxy) is 2. The molecule has 1 rings (SSSR count). The quantitative estimate of drug-likeness (QED) is 0.465. The second-order valence-electron chi connectivity index (χ2n) is 4.91. The molecular weight excluding hydrogens is 286 g/mol. The average molecular weight is 307 g/mol. The van der Waals surface area contributed by atoms with Crippen molar-refractivity contribution in [2.45, 2.75) is 13.8 Å². The second-order valence-corrected chi connectivity index (χ2v) is 4.91. The highest BCUT2D eigenvalue weighted by atomic mass is 16.5. The van der Waals surface area contributed by atoms with Crippen molar-refractivity contribution in [2.75, 3.05) is 20.8 Å². The molecule has 0 aromatic heterocycles. The third kappa shape index (κ3) is 5.43. The molecular formula is C15H21N3O4. The van der Waals surface area contributed by atoms with Gasteiger partial charge in [0.2, 0.25) is 0 Å². The van der Waals surface area contributed by atoms with E-state index in [1.165, 1.54) is 13.3 Å². The largest absolute Gasteiger partial charge is 0.497 e. The first-order valence-electron chi connectivity index (χ1n) is 6.81. The zero-order valence-electron chi connectivity index (χ0n) is 13.2. The molecule has 0 saturated carbocycles. The number of amides is 2. The van der Waals surface area contributed by atoms with Gasteiger partial charge in [-0.15, -0.1) is 0 Å². The van der Waals surface area contributed by atoms with Crippen molar-refractivity contribution >= 4 is 18.0 Å². The van der Waals surface area contributed by atoms with E-state index in [1.54, 1.807) is 25.3 Å². The first-order chi connectivity index (χ1) is 10.5. The Morgan fingerprint density at radius 2 is 1.95 bits per heavy atom. The molecule has 1 aromatic carbocycles. The molecule has 0 spiro atoms. The van der Waals surface area contributed by atoms with Gasteiger partial charge in [-0.05, 0) is 18.1 Å². The highest BCUT2D eigenvalue weighted by Crippen LogP contribution is 2.22. The van der Waals surface area contributed by atoms with Gasteiger partial charge in [0.25, 0.3) is 0 Å². The first-order valence-corrected chi connectivity index (χ1v) is 6.81. The zero-order chi connectivity index (χ0) is 16.5. The molecule has 7 nitrogen and oxygen atoms in total. The van der Waals surface area contributed by atoms with Crippen LogP contribution in [0.1, 0.15) is 19.4 Å². The number of hydrazone groups is 1. The fourth-order valence-corrected chi connectivity index (χ4v) is 1.51. The molecule has 0 aliphatic rings. The summed E-state index contributed by atoms with van der Waals surface area (Å²) in [5.74, 6) is -0.0755. The van der Waals surface area contributed by atoms with Gasteiger partial charge in [-0.3, -0.25) is 9.59 Å². The van der Waals surface area contributed by atoms with Crippen LogP contribution >= 0.6 is 0 Å². The number of rotatable bonds is 6. The van der Waals surface area contributed by atoms with Crippen molar-refractivity contribution in [3.63, 3.8) is 0 Å². The molecule has 0 saturated heterocycles. The zero-order valence-corrected chi connectivity index (χ0v) is 13.2. The molecule has 2 amide bonds. The average Bonchev–Trinajstić information content (AvgIpc) is 2.52. The Hall–Kier alpha value is -2.57. The number of benzene rings is 1. The lowest BCUT2D eigenvalue weighted by Gasteiger charge is -2.07. The Bertz CT molecular complexity index is 556. The van der Waals surface area contributed by atoms with Gasteiger partial charge in [0.15, 0.2) is 0 Å². The Balaban J connectivity index is 2.62. The van der Waals surface area contributed by atoms with Crippen LogP contribution in [0.4, 0.5) is 0 Å². The number of hydrogen-bond donors (Lipinski definition) is 2. The van der Waals surface area contributed by atoms with Crippen molar-refractivity contribution in [3.05, 3.63) is 23.8 Å². The minimum atomic E-state index is -0.815. The fourth-order valence-electron chi connectivity index (χ4n) is 1.51. The summed E-state index contributed by atoms with van der Waals surface area (Å²) in [5, 5.41) is 6.25. The van der Waals surface area contributed by atoms with E-state index in [-0.39, 0.29) is 5.92 Å². The maximum Gasteiger partial charge on any atom is 0.329 e. The molecule has 0 atom stereocenters.